The fraction of sp³-hybridized carbons (Fsp3) is 0.235. The summed E-state index contributed by atoms with van der Waals surface area (Å²) in [7, 11) is 0. The summed E-state index contributed by atoms with van der Waals surface area (Å²) in [6.45, 7) is 1.66. The summed E-state index contributed by atoms with van der Waals surface area (Å²) < 4.78 is 12.9. The van der Waals surface area contributed by atoms with Crippen molar-refractivity contribution in [3.05, 3.63) is 71.5 Å². The van der Waals surface area contributed by atoms with Crippen LogP contribution in [-0.2, 0) is 16.8 Å². The molecule has 0 fully saturated rings. The molecule has 0 heterocycles. The predicted molar refractivity (Wildman–Crippen MR) is 79.1 cm³/mol. The highest BCUT2D eigenvalue weighted by Gasteiger charge is 2.23. The smallest absolute Gasteiger partial charge is 0.224 e. The zero-order chi connectivity index (χ0) is 15.3. The third kappa shape index (κ3) is 4.39. The van der Waals surface area contributed by atoms with Crippen LogP contribution >= 0.6 is 0 Å². The molecule has 0 aliphatic heterocycles. The standard InChI is InChI=1S/C17H18FNO2/c1-17(21,14-7-9-15(18)10-8-14)12-19-16(20)11-13-5-3-2-4-6-13/h2-10,21H,11-12H2,1H3,(H,19,20). The largest absolute Gasteiger partial charge is 0.384 e. The molecule has 3 nitrogen and oxygen atoms in total. The number of carbonyl (C=O) groups is 1. The van der Waals surface area contributed by atoms with Gasteiger partial charge >= 0.3 is 0 Å². The van der Waals surface area contributed by atoms with Crippen molar-refractivity contribution in [1.29, 1.82) is 0 Å². The summed E-state index contributed by atoms with van der Waals surface area (Å²) in [4.78, 5) is 11.9. The Morgan fingerprint density at radius 2 is 1.76 bits per heavy atom. The lowest BCUT2D eigenvalue weighted by Gasteiger charge is -2.24. The minimum Gasteiger partial charge on any atom is -0.384 e. The SMILES string of the molecule is CC(O)(CNC(=O)Cc1ccccc1)c1ccc(F)cc1. The van der Waals surface area contributed by atoms with Gasteiger partial charge in [-0.05, 0) is 30.2 Å². The number of rotatable bonds is 5. The molecule has 2 aromatic rings. The average molecular weight is 287 g/mol. The summed E-state index contributed by atoms with van der Waals surface area (Å²) in [5.74, 6) is -0.522. The van der Waals surface area contributed by atoms with Crippen molar-refractivity contribution < 1.29 is 14.3 Å². The molecule has 1 amide bonds. The van der Waals surface area contributed by atoms with Crippen LogP contribution in [0.3, 0.4) is 0 Å². The number of carbonyl (C=O) groups excluding carboxylic acids is 1. The highest BCUT2D eigenvalue weighted by Crippen LogP contribution is 2.19. The summed E-state index contributed by atoms with van der Waals surface area (Å²) in [5.41, 5.74) is 0.236. The van der Waals surface area contributed by atoms with Crippen LogP contribution in [0.25, 0.3) is 0 Å². The summed E-state index contributed by atoms with van der Waals surface area (Å²) in [6.07, 6.45) is 0.264. The van der Waals surface area contributed by atoms with Crippen molar-refractivity contribution in [3.63, 3.8) is 0 Å². The van der Waals surface area contributed by atoms with E-state index in [4.69, 9.17) is 0 Å². The first-order valence-electron chi connectivity index (χ1n) is 6.76. The molecular weight excluding hydrogens is 269 g/mol. The van der Waals surface area contributed by atoms with E-state index in [-0.39, 0.29) is 24.7 Å². The number of amides is 1. The second-order valence-corrected chi connectivity index (χ2v) is 5.22. The Kier molecular flexibility index (Phi) is 4.70. The summed E-state index contributed by atoms with van der Waals surface area (Å²) in [6, 6.07) is 15.0. The van der Waals surface area contributed by atoms with Crippen molar-refractivity contribution in [2.45, 2.75) is 18.9 Å². The Balaban J connectivity index is 1.92. The molecule has 2 N–H and O–H groups in total. The van der Waals surface area contributed by atoms with E-state index in [0.29, 0.717) is 5.56 Å². The molecule has 1 unspecified atom stereocenters. The molecule has 0 saturated carbocycles. The molecule has 0 radical (unpaired) electrons. The van der Waals surface area contributed by atoms with Gasteiger partial charge in [-0.3, -0.25) is 4.79 Å². The monoisotopic (exact) mass is 287 g/mol. The van der Waals surface area contributed by atoms with Crippen LogP contribution in [0.1, 0.15) is 18.1 Å². The maximum atomic E-state index is 12.9. The van der Waals surface area contributed by atoms with E-state index >= 15 is 0 Å². The highest BCUT2D eigenvalue weighted by molar-refractivity contribution is 5.78. The van der Waals surface area contributed by atoms with Crippen molar-refractivity contribution in [2.75, 3.05) is 6.54 Å². The van der Waals surface area contributed by atoms with Gasteiger partial charge in [0.05, 0.1) is 13.0 Å². The Morgan fingerprint density at radius 1 is 1.14 bits per heavy atom. The van der Waals surface area contributed by atoms with Gasteiger partial charge in [-0.2, -0.15) is 0 Å². The Morgan fingerprint density at radius 3 is 2.38 bits per heavy atom. The molecule has 0 bridgehead atoms. The number of nitrogens with one attached hydrogen (secondary N) is 1. The number of benzene rings is 2. The van der Waals surface area contributed by atoms with Gasteiger partial charge in [0.25, 0.3) is 0 Å². The molecule has 0 aliphatic carbocycles. The van der Waals surface area contributed by atoms with Gasteiger partial charge in [0, 0.05) is 0 Å². The van der Waals surface area contributed by atoms with Crippen molar-refractivity contribution in [2.24, 2.45) is 0 Å². The topological polar surface area (TPSA) is 49.3 Å². The zero-order valence-corrected chi connectivity index (χ0v) is 11.8. The third-order valence-electron chi connectivity index (χ3n) is 3.30. The van der Waals surface area contributed by atoms with Gasteiger partial charge < -0.3 is 10.4 Å². The first-order chi connectivity index (χ1) is 9.97. The quantitative estimate of drug-likeness (QED) is 0.887. The van der Waals surface area contributed by atoms with Crippen molar-refractivity contribution >= 4 is 5.91 Å². The van der Waals surface area contributed by atoms with Gasteiger partial charge in [0.2, 0.25) is 5.91 Å². The van der Waals surface area contributed by atoms with Gasteiger partial charge in [-0.1, -0.05) is 42.5 Å². The Hall–Kier alpha value is -2.20. The minimum absolute atomic E-state index is 0.0737. The van der Waals surface area contributed by atoms with Crippen molar-refractivity contribution in [1.82, 2.24) is 5.32 Å². The van der Waals surface area contributed by atoms with E-state index < -0.39 is 5.60 Å². The van der Waals surface area contributed by atoms with Crippen molar-refractivity contribution in [3.8, 4) is 0 Å². The summed E-state index contributed by atoms with van der Waals surface area (Å²) in [5, 5.41) is 13.1. The van der Waals surface area contributed by atoms with Gasteiger partial charge in [0.15, 0.2) is 0 Å². The molecule has 2 aromatic carbocycles. The van der Waals surface area contributed by atoms with Crippen LogP contribution in [0.15, 0.2) is 54.6 Å². The average Bonchev–Trinajstić information content (AvgIpc) is 2.47. The maximum absolute atomic E-state index is 12.9. The van der Waals surface area contributed by atoms with Crippen LogP contribution in [0, 0.1) is 5.82 Å². The lowest BCUT2D eigenvalue weighted by Crippen LogP contribution is -2.39. The Labute approximate surface area is 123 Å². The molecule has 0 aliphatic rings. The lowest BCUT2D eigenvalue weighted by molar-refractivity contribution is -0.121. The van der Waals surface area contributed by atoms with Gasteiger partial charge in [-0.25, -0.2) is 4.39 Å². The van der Waals surface area contributed by atoms with Crippen LogP contribution in [0.4, 0.5) is 4.39 Å². The maximum Gasteiger partial charge on any atom is 0.224 e. The van der Waals surface area contributed by atoms with E-state index in [1.165, 1.54) is 24.3 Å². The van der Waals surface area contributed by atoms with E-state index in [1.807, 2.05) is 30.3 Å². The molecule has 0 aromatic heterocycles. The van der Waals surface area contributed by atoms with Crippen LogP contribution < -0.4 is 5.32 Å². The number of hydrogen-bond donors (Lipinski definition) is 2. The number of hydrogen-bond acceptors (Lipinski definition) is 2. The molecule has 1 atom stereocenters. The van der Waals surface area contributed by atoms with Crippen LogP contribution in [-0.4, -0.2) is 17.6 Å². The summed E-state index contributed by atoms with van der Waals surface area (Å²) >= 11 is 0. The Bertz CT molecular complexity index is 594. The molecule has 0 saturated heterocycles. The third-order valence-corrected chi connectivity index (χ3v) is 3.30. The van der Waals surface area contributed by atoms with Gasteiger partial charge in [-0.15, -0.1) is 0 Å². The first-order valence-corrected chi connectivity index (χ1v) is 6.76. The normalized spacial score (nSPS) is 13.5. The van der Waals surface area contributed by atoms with Gasteiger partial charge in [0.1, 0.15) is 11.4 Å². The van der Waals surface area contributed by atoms with E-state index in [1.54, 1.807) is 6.92 Å². The lowest BCUT2D eigenvalue weighted by atomic mass is 9.96. The molecule has 110 valence electrons. The van der Waals surface area contributed by atoms with E-state index in [0.717, 1.165) is 5.56 Å². The second kappa shape index (κ2) is 6.50. The molecular formula is C17H18FNO2. The highest BCUT2D eigenvalue weighted by atomic mass is 19.1. The zero-order valence-electron chi connectivity index (χ0n) is 11.8. The molecule has 4 heteroatoms. The minimum atomic E-state index is -1.24. The molecule has 0 spiro atoms. The number of halogens is 1. The second-order valence-electron chi connectivity index (χ2n) is 5.22. The van der Waals surface area contributed by atoms with Crippen LogP contribution in [0.2, 0.25) is 0 Å². The fourth-order valence-electron chi connectivity index (χ4n) is 2.03. The molecule has 2 rings (SSSR count). The van der Waals surface area contributed by atoms with E-state index in [9.17, 15) is 14.3 Å². The first kappa shape index (κ1) is 15.2. The fourth-order valence-corrected chi connectivity index (χ4v) is 2.03. The predicted octanol–water partition coefficient (Wildman–Crippen LogP) is 2.39. The van der Waals surface area contributed by atoms with E-state index in [2.05, 4.69) is 5.32 Å². The number of aliphatic hydroxyl groups is 1. The molecule has 21 heavy (non-hydrogen) atoms. The van der Waals surface area contributed by atoms with Crippen LogP contribution in [0.5, 0.6) is 0 Å².